The Morgan fingerprint density at radius 3 is 2.68 bits per heavy atom. The number of nitrogens with one attached hydrogen (secondary N) is 1. The number of hydrogen-bond acceptors (Lipinski definition) is 5. The van der Waals surface area contributed by atoms with Crippen molar-refractivity contribution in [2.45, 2.75) is 23.6 Å². The summed E-state index contributed by atoms with van der Waals surface area (Å²) in [6.07, 6.45) is 0. The second kappa shape index (κ2) is 6.72. The third-order valence-electron chi connectivity index (χ3n) is 4.07. The molecule has 3 rings (SSSR count). The van der Waals surface area contributed by atoms with Crippen LogP contribution in [0.2, 0.25) is 0 Å². The Hall–Kier alpha value is -2.61. The van der Waals surface area contributed by atoms with E-state index < -0.39 is 21.8 Å². The van der Waals surface area contributed by atoms with Crippen LogP contribution in [-0.4, -0.2) is 44.3 Å². The van der Waals surface area contributed by atoms with Crippen LogP contribution in [-0.2, 0) is 20.4 Å². The highest BCUT2D eigenvalue weighted by atomic mass is 32.2. The highest BCUT2D eigenvalue weighted by molar-refractivity contribution is 7.90. The van der Waals surface area contributed by atoms with E-state index in [9.17, 15) is 18.0 Å². The van der Waals surface area contributed by atoms with Gasteiger partial charge in [-0.3, -0.25) is 9.59 Å². The lowest BCUT2D eigenvalue weighted by Gasteiger charge is -2.32. The zero-order valence-corrected chi connectivity index (χ0v) is 14.5. The van der Waals surface area contributed by atoms with Crippen molar-refractivity contribution in [3.05, 3.63) is 54.0 Å². The second-order valence-corrected chi connectivity index (χ2v) is 7.79. The Balaban J connectivity index is 1.76. The molecule has 132 valence electrons. The fourth-order valence-corrected chi connectivity index (χ4v) is 3.94. The number of rotatable bonds is 4. The van der Waals surface area contributed by atoms with Crippen LogP contribution < -0.4 is 5.32 Å². The molecule has 1 saturated heterocycles. The molecule has 1 atom stereocenters. The molecule has 0 unspecified atom stereocenters. The van der Waals surface area contributed by atoms with Crippen LogP contribution in [0.5, 0.6) is 0 Å². The average molecular weight is 362 g/mol. The summed E-state index contributed by atoms with van der Waals surface area (Å²) in [6, 6.07) is 10.4. The molecule has 0 spiro atoms. The predicted octanol–water partition coefficient (Wildman–Crippen LogP) is 1.21. The van der Waals surface area contributed by atoms with E-state index in [1.165, 1.54) is 29.2 Å². The van der Waals surface area contributed by atoms with Crippen molar-refractivity contribution in [2.75, 3.05) is 13.1 Å². The average Bonchev–Trinajstić information content (AvgIpc) is 3.05. The molecule has 1 fully saturated rings. The summed E-state index contributed by atoms with van der Waals surface area (Å²) >= 11 is 0. The van der Waals surface area contributed by atoms with Gasteiger partial charge in [0.25, 0.3) is 5.91 Å². The molecule has 0 saturated carbocycles. The third-order valence-corrected chi connectivity index (χ3v) is 5.72. The number of piperazine rings is 1. The number of benzene rings is 1. The van der Waals surface area contributed by atoms with Crippen LogP contribution >= 0.6 is 0 Å². The fourth-order valence-electron chi connectivity index (χ4n) is 2.67. The maximum atomic E-state index is 12.5. The third kappa shape index (κ3) is 3.58. The molecule has 1 aliphatic rings. The highest BCUT2D eigenvalue weighted by Gasteiger charge is 2.31. The van der Waals surface area contributed by atoms with Crippen LogP contribution in [0, 0.1) is 0 Å². The Bertz CT molecular complexity index is 889. The van der Waals surface area contributed by atoms with Crippen molar-refractivity contribution in [3.63, 3.8) is 0 Å². The molecule has 0 aliphatic carbocycles. The standard InChI is InChI=1S/C17H18N2O5S/c1-12-16(20)18-9-10-19(12)17(21)15-8-7-13(24-15)11-25(22,23)14-5-3-2-4-6-14/h2-8,12H,9-11H2,1H3,(H,18,20)/t12-/m0/s1. The van der Waals surface area contributed by atoms with E-state index in [0.717, 1.165) is 0 Å². The number of sulfone groups is 1. The molecule has 25 heavy (non-hydrogen) atoms. The van der Waals surface area contributed by atoms with E-state index in [1.54, 1.807) is 25.1 Å². The summed E-state index contributed by atoms with van der Waals surface area (Å²) in [6.45, 7) is 2.39. The Labute approximate surface area is 145 Å². The van der Waals surface area contributed by atoms with Gasteiger partial charge in [0.1, 0.15) is 17.6 Å². The van der Waals surface area contributed by atoms with Crippen molar-refractivity contribution >= 4 is 21.7 Å². The van der Waals surface area contributed by atoms with Crippen molar-refractivity contribution in [1.29, 1.82) is 0 Å². The molecule has 2 amide bonds. The largest absolute Gasteiger partial charge is 0.455 e. The maximum absolute atomic E-state index is 12.5. The summed E-state index contributed by atoms with van der Waals surface area (Å²) in [7, 11) is -3.55. The first-order chi connectivity index (χ1) is 11.9. The summed E-state index contributed by atoms with van der Waals surface area (Å²) < 4.78 is 30.2. The molecule has 2 heterocycles. The number of nitrogens with zero attached hydrogens (tertiary/aromatic N) is 1. The number of hydrogen-bond donors (Lipinski definition) is 1. The van der Waals surface area contributed by atoms with Gasteiger partial charge in [0.15, 0.2) is 15.6 Å². The lowest BCUT2D eigenvalue weighted by molar-refractivity contribution is -0.127. The lowest BCUT2D eigenvalue weighted by Crippen LogP contribution is -2.55. The minimum absolute atomic E-state index is 0.0276. The van der Waals surface area contributed by atoms with Gasteiger partial charge in [-0.1, -0.05) is 18.2 Å². The topological polar surface area (TPSA) is 96.7 Å². The van der Waals surface area contributed by atoms with Crippen molar-refractivity contribution in [2.24, 2.45) is 0 Å². The van der Waals surface area contributed by atoms with Crippen LogP contribution in [0.15, 0.2) is 51.8 Å². The molecule has 2 aromatic rings. The molecular weight excluding hydrogens is 344 g/mol. The van der Waals surface area contributed by atoms with Crippen molar-refractivity contribution in [1.82, 2.24) is 10.2 Å². The van der Waals surface area contributed by atoms with E-state index in [2.05, 4.69) is 5.32 Å². The van der Waals surface area contributed by atoms with Crippen molar-refractivity contribution in [3.8, 4) is 0 Å². The highest BCUT2D eigenvalue weighted by Crippen LogP contribution is 2.19. The maximum Gasteiger partial charge on any atom is 0.290 e. The van der Waals surface area contributed by atoms with Crippen LogP contribution in [0.1, 0.15) is 23.2 Å². The van der Waals surface area contributed by atoms with E-state index in [0.29, 0.717) is 13.1 Å². The zero-order chi connectivity index (χ0) is 18.0. The molecule has 1 aliphatic heterocycles. The quantitative estimate of drug-likeness (QED) is 0.882. The van der Waals surface area contributed by atoms with Crippen molar-refractivity contribution < 1.29 is 22.4 Å². The normalized spacial score (nSPS) is 18.0. The molecule has 1 N–H and O–H groups in total. The van der Waals surface area contributed by atoms with Gasteiger partial charge in [-0.05, 0) is 31.2 Å². The number of carbonyl (C=O) groups is 2. The van der Waals surface area contributed by atoms with E-state index in [4.69, 9.17) is 4.42 Å². The Morgan fingerprint density at radius 1 is 1.24 bits per heavy atom. The Kier molecular flexibility index (Phi) is 4.63. The van der Waals surface area contributed by atoms with E-state index >= 15 is 0 Å². The van der Waals surface area contributed by atoms with Gasteiger partial charge < -0.3 is 14.6 Å². The monoisotopic (exact) mass is 362 g/mol. The van der Waals surface area contributed by atoms with Gasteiger partial charge in [-0.15, -0.1) is 0 Å². The summed E-state index contributed by atoms with van der Waals surface area (Å²) in [5.74, 6) is -0.773. The number of amides is 2. The van der Waals surface area contributed by atoms with E-state index in [-0.39, 0.29) is 28.1 Å². The predicted molar refractivity (Wildman–Crippen MR) is 89.5 cm³/mol. The minimum Gasteiger partial charge on any atom is -0.455 e. The van der Waals surface area contributed by atoms with Crippen LogP contribution in [0.4, 0.5) is 0 Å². The first-order valence-electron chi connectivity index (χ1n) is 7.84. The molecule has 0 bridgehead atoms. The molecule has 8 heteroatoms. The number of carbonyl (C=O) groups excluding carboxylic acids is 2. The van der Waals surface area contributed by atoms with Gasteiger partial charge >= 0.3 is 0 Å². The van der Waals surface area contributed by atoms with Gasteiger partial charge in [0, 0.05) is 13.1 Å². The molecule has 1 aromatic carbocycles. The summed E-state index contributed by atoms with van der Waals surface area (Å²) in [5.41, 5.74) is 0. The summed E-state index contributed by atoms with van der Waals surface area (Å²) in [5, 5.41) is 2.68. The second-order valence-electron chi connectivity index (χ2n) is 5.80. The minimum atomic E-state index is -3.55. The smallest absolute Gasteiger partial charge is 0.290 e. The van der Waals surface area contributed by atoms with Gasteiger partial charge in [0.05, 0.1) is 4.90 Å². The van der Waals surface area contributed by atoms with E-state index in [1.807, 2.05) is 0 Å². The summed E-state index contributed by atoms with van der Waals surface area (Å²) in [4.78, 5) is 25.8. The molecular formula is C17H18N2O5S. The lowest BCUT2D eigenvalue weighted by atomic mass is 10.2. The first kappa shape index (κ1) is 17.2. The molecule has 1 aromatic heterocycles. The van der Waals surface area contributed by atoms with Crippen LogP contribution in [0.3, 0.4) is 0 Å². The number of furan rings is 1. The molecule has 0 radical (unpaired) electrons. The molecule has 7 nitrogen and oxygen atoms in total. The van der Waals surface area contributed by atoms with Gasteiger partial charge in [0.2, 0.25) is 5.91 Å². The van der Waals surface area contributed by atoms with Gasteiger partial charge in [-0.25, -0.2) is 8.42 Å². The van der Waals surface area contributed by atoms with Crippen LogP contribution in [0.25, 0.3) is 0 Å². The fraction of sp³-hybridized carbons (Fsp3) is 0.294. The van der Waals surface area contributed by atoms with Gasteiger partial charge in [-0.2, -0.15) is 0 Å². The Morgan fingerprint density at radius 2 is 1.96 bits per heavy atom. The zero-order valence-electron chi connectivity index (χ0n) is 13.6. The SMILES string of the molecule is C[C@H]1C(=O)NCCN1C(=O)c1ccc(CS(=O)(=O)c2ccccc2)o1. The first-order valence-corrected chi connectivity index (χ1v) is 9.49.